The van der Waals surface area contributed by atoms with E-state index in [0.29, 0.717) is 0 Å². The van der Waals surface area contributed by atoms with E-state index in [-0.39, 0.29) is 0 Å². The number of benzene rings is 3. The average Bonchev–Trinajstić information content (AvgIpc) is 3.27. The van der Waals surface area contributed by atoms with Crippen LogP contribution in [0.25, 0.3) is 0 Å². The SMILES string of the molecule is [CH3][Sn]([CH3])([CH3])[C]1=[C]([Zr]([CH2]c2ccccc2)([CH2]c2ccccc2)[CH2]c2ccccc2)CC=C1. The Bertz CT molecular complexity index is 943. The fraction of sp³-hybridized carbons (Fsp3) is 0.241. The van der Waals surface area contributed by atoms with Crippen molar-refractivity contribution in [3.05, 3.63) is 127 Å². The second-order valence-electron chi connectivity index (χ2n) is 10.0. The van der Waals surface area contributed by atoms with Crippen LogP contribution in [-0.2, 0) is 32.7 Å². The van der Waals surface area contributed by atoms with Gasteiger partial charge < -0.3 is 0 Å². The first-order valence-electron chi connectivity index (χ1n) is 11.5. The number of hydrogen-bond acceptors (Lipinski definition) is 0. The Kier molecular flexibility index (Phi) is 7.55. The molecule has 2 heteroatoms. The second kappa shape index (κ2) is 10.2. The summed E-state index contributed by atoms with van der Waals surface area (Å²) >= 11 is -5.12. The van der Waals surface area contributed by atoms with Gasteiger partial charge in [0, 0.05) is 0 Å². The molecule has 0 bridgehead atoms. The molecule has 0 heterocycles. The number of hydrogen-bond donors (Lipinski definition) is 0. The normalized spacial score (nSPS) is 14.3. The van der Waals surface area contributed by atoms with E-state index >= 15 is 0 Å². The van der Waals surface area contributed by atoms with Crippen LogP contribution in [0.2, 0.25) is 14.8 Å². The van der Waals surface area contributed by atoms with Gasteiger partial charge in [-0.3, -0.25) is 0 Å². The van der Waals surface area contributed by atoms with Crippen LogP contribution < -0.4 is 0 Å². The molecule has 1 aliphatic carbocycles. The van der Waals surface area contributed by atoms with Crippen molar-refractivity contribution in [1.29, 1.82) is 0 Å². The maximum atomic E-state index is 2.60. The molecule has 0 unspecified atom stereocenters. The van der Waals surface area contributed by atoms with Gasteiger partial charge in [0.2, 0.25) is 0 Å². The molecule has 0 nitrogen and oxygen atoms in total. The molecular formula is C29H34SnZr. The molecule has 0 radical (unpaired) electrons. The van der Waals surface area contributed by atoms with Crippen LogP contribution in [-0.4, -0.2) is 18.4 Å². The van der Waals surface area contributed by atoms with Crippen molar-refractivity contribution in [2.24, 2.45) is 0 Å². The van der Waals surface area contributed by atoms with Gasteiger partial charge in [0.15, 0.2) is 0 Å². The Morgan fingerprint density at radius 2 is 1.00 bits per heavy atom. The molecule has 4 rings (SSSR count). The summed E-state index contributed by atoms with van der Waals surface area (Å²) in [6.45, 7) is 0. The molecule has 0 amide bonds. The Morgan fingerprint density at radius 1 is 0.613 bits per heavy atom. The summed E-state index contributed by atoms with van der Waals surface area (Å²) in [6.07, 6.45) is 6.23. The predicted molar refractivity (Wildman–Crippen MR) is 135 cm³/mol. The van der Waals surface area contributed by atoms with E-state index in [1.165, 1.54) is 35.5 Å². The van der Waals surface area contributed by atoms with E-state index in [4.69, 9.17) is 0 Å². The van der Waals surface area contributed by atoms with Crippen LogP contribution in [0.3, 0.4) is 0 Å². The van der Waals surface area contributed by atoms with Gasteiger partial charge in [-0.15, -0.1) is 0 Å². The quantitative estimate of drug-likeness (QED) is 0.234. The minimum absolute atomic E-state index is 1.20. The van der Waals surface area contributed by atoms with Crippen molar-refractivity contribution in [3.8, 4) is 0 Å². The topological polar surface area (TPSA) is 0 Å². The molecule has 3 aromatic rings. The van der Waals surface area contributed by atoms with Crippen molar-refractivity contribution < 1.29 is 20.3 Å². The Labute approximate surface area is 197 Å². The standard InChI is InChI=1S/3C7H7.C5H4.3CH3.Sn.Zr/c3*1-7-5-3-2-4-6-7;1-2-4-5-3-1;;;;;/h3*2-6H,1H2;1-2H,3H2;3*1H3;;. The summed E-state index contributed by atoms with van der Waals surface area (Å²) < 4.78 is 7.63. The Balaban J connectivity index is 1.89. The molecule has 1 aliphatic rings. The van der Waals surface area contributed by atoms with Gasteiger partial charge in [-0.2, -0.15) is 0 Å². The monoisotopic (exact) mass is 592 g/mol. The summed E-state index contributed by atoms with van der Waals surface area (Å²) in [5.74, 6) is 0. The van der Waals surface area contributed by atoms with E-state index in [1.54, 1.807) is 0 Å². The number of allylic oxidation sites excluding steroid dienone is 4. The first kappa shape index (κ1) is 23.0. The molecule has 0 fully saturated rings. The minimum atomic E-state index is -2.90. The fourth-order valence-corrected chi connectivity index (χ4v) is 33.4. The first-order chi connectivity index (χ1) is 15.0. The van der Waals surface area contributed by atoms with Gasteiger partial charge in [-0.05, 0) is 0 Å². The molecule has 0 saturated heterocycles. The summed E-state index contributed by atoms with van der Waals surface area (Å²) in [4.78, 5) is 7.80. The maximum absolute atomic E-state index is 2.90. The van der Waals surface area contributed by atoms with Crippen LogP contribution in [0, 0.1) is 0 Å². The third-order valence-electron chi connectivity index (χ3n) is 6.54. The van der Waals surface area contributed by atoms with E-state index in [2.05, 4.69) is 118 Å². The van der Waals surface area contributed by atoms with Crippen molar-refractivity contribution in [3.63, 3.8) is 0 Å². The predicted octanol–water partition coefficient (Wildman–Crippen LogP) is 7.83. The Morgan fingerprint density at radius 3 is 1.35 bits per heavy atom. The zero-order valence-electron chi connectivity index (χ0n) is 19.1. The van der Waals surface area contributed by atoms with Crippen LogP contribution in [0.5, 0.6) is 0 Å². The van der Waals surface area contributed by atoms with Gasteiger partial charge in [-0.25, -0.2) is 0 Å². The van der Waals surface area contributed by atoms with Crippen molar-refractivity contribution in [2.75, 3.05) is 0 Å². The third kappa shape index (κ3) is 5.79. The third-order valence-corrected chi connectivity index (χ3v) is 26.6. The molecule has 0 atom stereocenters. The first-order valence-corrected chi connectivity index (χ1v) is 27.9. The second-order valence-corrected chi connectivity index (χ2v) is 34.8. The van der Waals surface area contributed by atoms with E-state index < -0.39 is 38.6 Å². The van der Waals surface area contributed by atoms with E-state index in [1.807, 2.05) is 6.87 Å². The molecule has 0 saturated carbocycles. The zero-order valence-corrected chi connectivity index (χ0v) is 24.5. The Hall–Kier alpha value is -1.18. The van der Waals surface area contributed by atoms with Gasteiger partial charge >= 0.3 is 199 Å². The summed E-state index contributed by atoms with van der Waals surface area (Å²) in [6, 6.07) is 34.0. The van der Waals surface area contributed by atoms with Crippen molar-refractivity contribution in [1.82, 2.24) is 0 Å². The van der Waals surface area contributed by atoms with Gasteiger partial charge in [-0.1, -0.05) is 0 Å². The van der Waals surface area contributed by atoms with Crippen LogP contribution in [0.1, 0.15) is 23.1 Å². The van der Waals surface area contributed by atoms with Crippen molar-refractivity contribution >= 4 is 18.4 Å². The summed E-state index contributed by atoms with van der Waals surface area (Å²) in [5, 5.41) is 0. The number of rotatable bonds is 8. The molecule has 31 heavy (non-hydrogen) atoms. The van der Waals surface area contributed by atoms with Crippen LogP contribution in [0.4, 0.5) is 0 Å². The summed E-state index contributed by atoms with van der Waals surface area (Å²) in [5.41, 5.74) is 4.61. The molecule has 0 aromatic heterocycles. The van der Waals surface area contributed by atoms with Crippen LogP contribution in [0.15, 0.2) is 110 Å². The molecule has 3 aromatic carbocycles. The van der Waals surface area contributed by atoms with Gasteiger partial charge in [0.05, 0.1) is 0 Å². The van der Waals surface area contributed by atoms with Crippen molar-refractivity contribution in [2.45, 2.75) is 33.6 Å². The molecule has 0 aliphatic heterocycles. The summed E-state index contributed by atoms with van der Waals surface area (Å²) in [7, 11) is 0. The zero-order chi connectivity index (χ0) is 21.7. The van der Waals surface area contributed by atoms with Gasteiger partial charge in [0.25, 0.3) is 0 Å². The van der Waals surface area contributed by atoms with E-state index in [0.717, 1.165) is 0 Å². The van der Waals surface area contributed by atoms with Crippen LogP contribution >= 0.6 is 0 Å². The molecular weight excluding hydrogens is 558 g/mol. The van der Waals surface area contributed by atoms with E-state index in [9.17, 15) is 0 Å². The molecule has 158 valence electrons. The van der Waals surface area contributed by atoms with Gasteiger partial charge in [0.1, 0.15) is 0 Å². The average molecular weight is 593 g/mol. The molecule has 0 N–H and O–H groups in total. The molecule has 0 spiro atoms. The fourth-order valence-electron chi connectivity index (χ4n) is 5.18.